The van der Waals surface area contributed by atoms with E-state index in [1.807, 2.05) is 0 Å². The molecule has 2 aromatic rings. The van der Waals surface area contributed by atoms with Gasteiger partial charge in [-0.25, -0.2) is 0 Å². The van der Waals surface area contributed by atoms with Gasteiger partial charge in [0.15, 0.2) is 23.0 Å². The zero-order valence-corrected chi connectivity index (χ0v) is 14.1. The molecular weight excluding hydrogens is 324 g/mol. The normalized spacial score (nSPS) is 10.5. The van der Waals surface area contributed by atoms with Gasteiger partial charge in [-0.2, -0.15) is 0 Å². The molecule has 0 aliphatic carbocycles. The van der Waals surface area contributed by atoms with Gasteiger partial charge in [-0.05, 0) is 35.9 Å². The van der Waals surface area contributed by atoms with Crippen LogP contribution in [0.15, 0.2) is 47.3 Å². The molecule has 1 N–H and O–H groups in total. The number of hydrogen-bond acceptors (Lipinski definition) is 6. The molecule has 0 bridgehead atoms. The molecule has 2 aromatic carbocycles. The van der Waals surface area contributed by atoms with Gasteiger partial charge in [0.2, 0.25) is 11.2 Å². The molecule has 25 heavy (non-hydrogen) atoms. The molecule has 0 spiro atoms. The third kappa shape index (κ3) is 3.98. The summed E-state index contributed by atoms with van der Waals surface area (Å²) in [6, 6.07) is 8.90. The molecule has 0 aliphatic rings. The van der Waals surface area contributed by atoms with E-state index in [0.717, 1.165) is 0 Å². The first kappa shape index (κ1) is 18.1. The number of carbonyl (C=O) groups is 1. The molecule has 6 nitrogen and oxygen atoms in total. The van der Waals surface area contributed by atoms with Crippen LogP contribution in [0.1, 0.15) is 15.9 Å². The van der Waals surface area contributed by atoms with Crippen LogP contribution in [-0.2, 0) is 0 Å². The Morgan fingerprint density at radius 2 is 1.60 bits per heavy atom. The molecule has 2 rings (SSSR count). The fraction of sp³-hybridized carbons (Fsp3) is 0.158. The topological polar surface area (TPSA) is 82.1 Å². The van der Waals surface area contributed by atoms with Gasteiger partial charge in [-0.15, -0.1) is 0 Å². The summed E-state index contributed by atoms with van der Waals surface area (Å²) in [7, 11) is 4.49. The summed E-state index contributed by atoms with van der Waals surface area (Å²) in [5, 5.41) is 9.83. The van der Waals surface area contributed by atoms with E-state index < -0.39 is 17.0 Å². The molecule has 0 saturated heterocycles. The van der Waals surface area contributed by atoms with Crippen LogP contribution < -0.4 is 19.6 Å². The van der Waals surface area contributed by atoms with Gasteiger partial charge in [0.25, 0.3) is 0 Å². The minimum Gasteiger partial charge on any atom is -0.504 e. The van der Waals surface area contributed by atoms with Crippen LogP contribution in [0, 0.1) is 0 Å². The van der Waals surface area contributed by atoms with E-state index >= 15 is 0 Å². The van der Waals surface area contributed by atoms with Crippen molar-refractivity contribution in [3.05, 3.63) is 63.8 Å². The highest BCUT2D eigenvalue weighted by atomic mass is 16.5. The number of ketones is 1. The van der Waals surface area contributed by atoms with Crippen molar-refractivity contribution in [2.45, 2.75) is 0 Å². The summed E-state index contributed by atoms with van der Waals surface area (Å²) in [4.78, 5) is 23.9. The Balaban J connectivity index is 2.40. The van der Waals surface area contributed by atoms with Crippen molar-refractivity contribution in [1.82, 2.24) is 0 Å². The quantitative estimate of drug-likeness (QED) is 0.642. The van der Waals surface area contributed by atoms with Gasteiger partial charge in [-0.1, -0.05) is 18.2 Å². The second-order valence-electron chi connectivity index (χ2n) is 5.00. The predicted octanol–water partition coefficient (Wildman–Crippen LogP) is 2.67. The Hall–Kier alpha value is -3.28. The second kappa shape index (κ2) is 8.01. The Bertz CT molecular complexity index is 845. The number of rotatable bonds is 6. The van der Waals surface area contributed by atoms with E-state index in [1.165, 1.54) is 57.7 Å². The number of carbonyl (C=O) groups excluding carboxylic acids is 1. The summed E-state index contributed by atoms with van der Waals surface area (Å²) in [5.74, 6) is 0.260. The van der Waals surface area contributed by atoms with E-state index in [-0.39, 0.29) is 5.56 Å². The largest absolute Gasteiger partial charge is 0.504 e. The van der Waals surface area contributed by atoms with E-state index in [2.05, 4.69) is 0 Å². The molecule has 0 amide bonds. The van der Waals surface area contributed by atoms with Gasteiger partial charge in [0.05, 0.1) is 26.9 Å². The second-order valence-corrected chi connectivity index (χ2v) is 5.00. The third-order valence-corrected chi connectivity index (χ3v) is 3.49. The van der Waals surface area contributed by atoms with E-state index in [9.17, 15) is 14.7 Å². The number of benzene rings is 1. The molecule has 0 fully saturated rings. The van der Waals surface area contributed by atoms with Gasteiger partial charge in [0.1, 0.15) is 0 Å². The van der Waals surface area contributed by atoms with Gasteiger partial charge in [-0.3, -0.25) is 9.59 Å². The lowest BCUT2D eigenvalue weighted by molar-refractivity contribution is 0.104. The Morgan fingerprint density at radius 1 is 1.00 bits per heavy atom. The third-order valence-electron chi connectivity index (χ3n) is 3.49. The lowest BCUT2D eigenvalue weighted by Crippen LogP contribution is -2.01. The van der Waals surface area contributed by atoms with Gasteiger partial charge >= 0.3 is 0 Å². The first-order valence-corrected chi connectivity index (χ1v) is 7.36. The fourth-order valence-corrected chi connectivity index (χ4v) is 2.24. The van der Waals surface area contributed by atoms with Gasteiger partial charge in [0, 0.05) is 0 Å². The number of ether oxygens (including phenoxy) is 3. The maximum Gasteiger partial charge on any atom is 0.220 e. The number of aromatic hydroxyl groups is 1. The van der Waals surface area contributed by atoms with Crippen molar-refractivity contribution in [2.75, 3.05) is 21.3 Å². The van der Waals surface area contributed by atoms with Crippen molar-refractivity contribution in [3.8, 4) is 23.0 Å². The predicted molar refractivity (Wildman–Crippen MR) is 93.8 cm³/mol. The van der Waals surface area contributed by atoms with Crippen LogP contribution in [-0.4, -0.2) is 32.2 Å². The van der Waals surface area contributed by atoms with Crippen molar-refractivity contribution in [1.29, 1.82) is 0 Å². The van der Waals surface area contributed by atoms with Crippen molar-refractivity contribution in [3.63, 3.8) is 0 Å². The molecule has 6 heteroatoms. The van der Waals surface area contributed by atoms with Gasteiger partial charge < -0.3 is 19.3 Å². The summed E-state index contributed by atoms with van der Waals surface area (Å²) < 4.78 is 15.7. The Kier molecular flexibility index (Phi) is 5.79. The van der Waals surface area contributed by atoms with Crippen molar-refractivity contribution >= 4 is 11.9 Å². The standard InChI is InChI=1S/C19H18O6/c1-23-16-10-12(11-17(24-2)19(16)25-3)8-9-14(20)13-6-4-5-7-15(21)18(13)22/h4-11H,1-3H3,(H,21,22)/b9-8+. The molecular formula is C19H18O6. The smallest absolute Gasteiger partial charge is 0.220 e. The van der Waals surface area contributed by atoms with Crippen LogP contribution in [0.2, 0.25) is 0 Å². The minimum absolute atomic E-state index is 0.0707. The monoisotopic (exact) mass is 342 g/mol. The molecule has 0 radical (unpaired) electrons. The summed E-state index contributed by atoms with van der Waals surface area (Å²) >= 11 is 0. The molecule has 0 saturated carbocycles. The highest BCUT2D eigenvalue weighted by molar-refractivity contribution is 6.08. The number of hydrogen-bond donors (Lipinski definition) is 1. The Labute approximate surface area is 144 Å². The molecule has 0 aliphatic heterocycles. The molecule has 0 heterocycles. The zero-order chi connectivity index (χ0) is 18.4. The van der Waals surface area contributed by atoms with Crippen molar-refractivity contribution < 1.29 is 24.1 Å². The molecule has 0 atom stereocenters. The summed E-state index contributed by atoms with van der Waals surface area (Å²) in [6.45, 7) is 0. The molecule has 0 unspecified atom stereocenters. The SMILES string of the molecule is COc1cc(/C=C/C(=O)c2ccccc(=O)c2O)cc(OC)c1OC. The summed E-state index contributed by atoms with van der Waals surface area (Å²) in [6.07, 6.45) is 2.79. The highest BCUT2D eigenvalue weighted by Gasteiger charge is 2.13. The van der Waals surface area contributed by atoms with Crippen LogP contribution >= 0.6 is 0 Å². The first-order valence-electron chi connectivity index (χ1n) is 7.36. The number of methoxy groups -OCH3 is 3. The fourth-order valence-electron chi connectivity index (χ4n) is 2.24. The van der Waals surface area contributed by atoms with E-state index in [4.69, 9.17) is 14.2 Å². The van der Waals surface area contributed by atoms with Crippen LogP contribution in [0.3, 0.4) is 0 Å². The van der Waals surface area contributed by atoms with Crippen molar-refractivity contribution in [2.24, 2.45) is 0 Å². The van der Waals surface area contributed by atoms with Crippen LogP contribution in [0.5, 0.6) is 23.0 Å². The van der Waals surface area contributed by atoms with E-state index in [0.29, 0.717) is 22.8 Å². The lowest BCUT2D eigenvalue weighted by Gasteiger charge is -2.12. The first-order chi connectivity index (χ1) is 12.0. The Morgan fingerprint density at radius 3 is 2.16 bits per heavy atom. The zero-order valence-electron chi connectivity index (χ0n) is 14.1. The molecule has 0 aromatic heterocycles. The van der Waals surface area contributed by atoms with Crippen LogP contribution in [0.25, 0.3) is 6.08 Å². The average molecular weight is 342 g/mol. The average Bonchev–Trinajstić information content (AvgIpc) is 2.80. The summed E-state index contributed by atoms with van der Waals surface area (Å²) in [5.41, 5.74) is -0.0572. The maximum absolute atomic E-state index is 12.3. The maximum atomic E-state index is 12.3. The minimum atomic E-state index is -0.616. The molecule has 130 valence electrons. The highest BCUT2D eigenvalue weighted by Crippen LogP contribution is 2.38. The number of allylic oxidation sites excluding steroid dienone is 1. The lowest BCUT2D eigenvalue weighted by atomic mass is 10.1. The van der Waals surface area contributed by atoms with E-state index in [1.54, 1.807) is 12.1 Å². The van der Waals surface area contributed by atoms with Crippen LogP contribution in [0.4, 0.5) is 0 Å².